The Labute approximate surface area is 127 Å². The Kier molecular flexibility index (Phi) is 5.27. The van der Waals surface area contributed by atoms with Gasteiger partial charge in [-0.25, -0.2) is 0 Å². The van der Waals surface area contributed by atoms with Crippen LogP contribution in [0.2, 0.25) is 5.02 Å². The lowest BCUT2D eigenvalue weighted by Gasteiger charge is -2.20. The molecule has 2 N–H and O–H groups in total. The first-order chi connectivity index (χ1) is 10.1. The van der Waals surface area contributed by atoms with Gasteiger partial charge in [0, 0.05) is 20.0 Å². The van der Waals surface area contributed by atoms with Gasteiger partial charge in [0.05, 0.1) is 11.4 Å². The van der Waals surface area contributed by atoms with Crippen molar-refractivity contribution in [3.8, 4) is 11.5 Å². The van der Waals surface area contributed by atoms with Gasteiger partial charge in [-0.2, -0.15) is 0 Å². The molecule has 0 fully saturated rings. The lowest BCUT2D eigenvalue weighted by Crippen LogP contribution is -2.34. The standard InChI is InChI=1S/C14H17ClN2O4/c1-9(18)16-2-3-17-13(19)8-10-6-11(15)14-12(7-10)20-4-5-21-14/h6-7H,2-5,8H2,1H3,(H,16,18)(H,17,19). The van der Waals surface area contributed by atoms with Gasteiger partial charge in [0.25, 0.3) is 0 Å². The van der Waals surface area contributed by atoms with Crippen molar-refractivity contribution < 1.29 is 19.1 Å². The minimum absolute atomic E-state index is 0.122. The predicted molar refractivity (Wildman–Crippen MR) is 77.8 cm³/mol. The second-order valence-corrected chi connectivity index (χ2v) is 5.02. The number of carbonyl (C=O) groups is 2. The molecule has 21 heavy (non-hydrogen) atoms. The summed E-state index contributed by atoms with van der Waals surface area (Å²) in [5, 5.41) is 5.76. The maximum atomic E-state index is 11.8. The molecule has 1 heterocycles. The average Bonchev–Trinajstić information content (AvgIpc) is 2.43. The summed E-state index contributed by atoms with van der Waals surface area (Å²) in [5.74, 6) is 0.823. The Hall–Kier alpha value is -1.95. The number of nitrogens with one attached hydrogen (secondary N) is 2. The van der Waals surface area contributed by atoms with Crippen molar-refractivity contribution in [2.75, 3.05) is 26.3 Å². The Morgan fingerprint density at radius 1 is 1.19 bits per heavy atom. The van der Waals surface area contributed by atoms with Crippen molar-refractivity contribution in [2.45, 2.75) is 13.3 Å². The van der Waals surface area contributed by atoms with E-state index in [1.54, 1.807) is 12.1 Å². The predicted octanol–water partition coefficient (Wildman–Crippen LogP) is 0.906. The molecule has 7 heteroatoms. The van der Waals surface area contributed by atoms with Crippen molar-refractivity contribution in [1.82, 2.24) is 10.6 Å². The topological polar surface area (TPSA) is 76.7 Å². The molecule has 6 nitrogen and oxygen atoms in total. The van der Waals surface area contributed by atoms with Crippen LogP contribution in [-0.4, -0.2) is 38.1 Å². The van der Waals surface area contributed by atoms with E-state index in [4.69, 9.17) is 21.1 Å². The van der Waals surface area contributed by atoms with Gasteiger partial charge in [-0.15, -0.1) is 0 Å². The molecule has 0 unspecified atom stereocenters. The van der Waals surface area contributed by atoms with E-state index in [2.05, 4.69) is 10.6 Å². The Balaban J connectivity index is 1.89. The quantitative estimate of drug-likeness (QED) is 0.792. The summed E-state index contributed by atoms with van der Waals surface area (Å²) in [5.41, 5.74) is 0.751. The number of rotatable bonds is 5. The smallest absolute Gasteiger partial charge is 0.224 e. The van der Waals surface area contributed by atoms with Crippen LogP contribution in [-0.2, 0) is 16.0 Å². The van der Waals surface area contributed by atoms with E-state index >= 15 is 0 Å². The van der Waals surface area contributed by atoms with Gasteiger partial charge in [0.1, 0.15) is 13.2 Å². The molecule has 0 atom stereocenters. The summed E-state index contributed by atoms with van der Waals surface area (Å²) in [6.45, 7) is 3.16. The van der Waals surface area contributed by atoms with E-state index in [0.717, 1.165) is 5.56 Å². The number of benzene rings is 1. The van der Waals surface area contributed by atoms with Crippen LogP contribution in [0.1, 0.15) is 12.5 Å². The third-order valence-electron chi connectivity index (χ3n) is 2.84. The highest BCUT2D eigenvalue weighted by molar-refractivity contribution is 6.32. The van der Waals surface area contributed by atoms with Crippen molar-refractivity contribution in [3.63, 3.8) is 0 Å². The largest absolute Gasteiger partial charge is 0.486 e. The second kappa shape index (κ2) is 7.17. The minimum atomic E-state index is -0.145. The van der Waals surface area contributed by atoms with Gasteiger partial charge in [0.2, 0.25) is 11.8 Å². The molecule has 1 aromatic rings. The van der Waals surface area contributed by atoms with E-state index < -0.39 is 0 Å². The lowest BCUT2D eigenvalue weighted by atomic mass is 10.1. The summed E-state index contributed by atoms with van der Waals surface area (Å²) in [7, 11) is 0. The molecule has 2 amide bonds. The molecule has 1 aliphatic heterocycles. The van der Waals surface area contributed by atoms with Crippen LogP contribution in [0.15, 0.2) is 12.1 Å². The molecule has 0 aliphatic carbocycles. The SMILES string of the molecule is CC(=O)NCCNC(=O)Cc1cc(Cl)c2c(c1)OCCO2. The van der Waals surface area contributed by atoms with E-state index in [1.165, 1.54) is 6.92 Å². The minimum Gasteiger partial charge on any atom is -0.486 e. The van der Waals surface area contributed by atoms with Crippen LogP contribution in [0.4, 0.5) is 0 Å². The zero-order valence-corrected chi connectivity index (χ0v) is 12.5. The molecule has 2 rings (SSSR count). The first kappa shape index (κ1) is 15.4. The maximum Gasteiger partial charge on any atom is 0.224 e. The van der Waals surface area contributed by atoms with Crippen molar-refractivity contribution >= 4 is 23.4 Å². The Morgan fingerprint density at radius 2 is 1.90 bits per heavy atom. The zero-order valence-electron chi connectivity index (χ0n) is 11.7. The number of hydrogen-bond acceptors (Lipinski definition) is 4. The van der Waals surface area contributed by atoms with Gasteiger partial charge < -0.3 is 20.1 Å². The Bertz CT molecular complexity index is 548. The molecule has 114 valence electrons. The van der Waals surface area contributed by atoms with Gasteiger partial charge >= 0.3 is 0 Å². The average molecular weight is 313 g/mol. The fourth-order valence-corrected chi connectivity index (χ4v) is 2.24. The molecule has 0 radical (unpaired) electrons. The highest BCUT2D eigenvalue weighted by Crippen LogP contribution is 2.38. The number of carbonyl (C=O) groups excluding carboxylic acids is 2. The molecule has 0 saturated heterocycles. The van der Waals surface area contributed by atoms with Crippen LogP contribution in [0.5, 0.6) is 11.5 Å². The lowest BCUT2D eigenvalue weighted by molar-refractivity contribution is -0.121. The van der Waals surface area contributed by atoms with Gasteiger partial charge in [-0.3, -0.25) is 9.59 Å². The summed E-state index contributed by atoms with van der Waals surface area (Å²) < 4.78 is 10.9. The number of amides is 2. The highest BCUT2D eigenvalue weighted by Gasteiger charge is 2.17. The third kappa shape index (κ3) is 4.53. The summed E-state index contributed by atoms with van der Waals surface area (Å²) >= 11 is 6.11. The van der Waals surface area contributed by atoms with E-state index in [1.807, 2.05) is 0 Å². The molecule has 1 aliphatic rings. The Morgan fingerprint density at radius 3 is 2.67 bits per heavy atom. The molecular weight excluding hydrogens is 296 g/mol. The molecule has 0 saturated carbocycles. The molecule has 1 aromatic carbocycles. The van der Waals surface area contributed by atoms with Gasteiger partial charge in [-0.05, 0) is 17.7 Å². The zero-order chi connectivity index (χ0) is 15.2. The van der Waals surface area contributed by atoms with E-state index in [-0.39, 0.29) is 18.2 Å². The van der Waals surface area contributed by atoms with E-state index in [9.17, 15) is 9.59 Å². The van der Waals surface area contributed by atoms with Crippen LogP contribution in [0, 0.1) is 0 Å². The number of fused-ring (bicyclic) bond motifs is 1. The van der Waals surface area contributed by atoms with Crippen molar-refractivity contribution in [1.29, 1.82) is 0 Å². The second-order valence-electron chi connectivity index (χ2n) is 4.61. The van der Waals surface area contributed by atoms with Gasteiger partial charge in [0.15, 0.2) is 11.5 Å². The van der Waals surface area contributed by atoms with E-state index in [0.29, 0.717) is 42.8 Å². The highest BCUT2D eigenvalue weighted by atomic mass is 35.5. The molecule has 0 aromatic heterocycles. The maximum absolute atomic E-state index is 11.8. The van der Waals surface area contributed by atoms with Crippen molar-refractivity contribution in [2.24, 2.45) is 0 Å². The van der Waals surface area contributed by atoms with Crippen LogP contribution in [0.3, 0.4) is 0 Å². The first-order valence-corrected chi connectivity index (χ1v) is 7.03. The third-order valence-corrected chi connectivity index (χ3v) is 3.12. The molecule has 0 bridgehead atoms. The number of halogens is 1. The summed E-state index contributed by atoms with van der Waals surface area (Å²) in [6, 6.07) is 3.45. The normalized spacial score (nSPS) is 12.7. The summed E-state index contributed by atoms with van der Waals surface area (Å²) in [4.78, 5) is 22.5. The number of hydrogen-bond donors (Lipinski definition) is 2. The fourth-order valence-electron chi connectivity index (χ4n) is 1.95. The summed E-state index contributed by atoms with van der Waals surface area (Å²) in [6.07, 6.45) is 0.191. The van der Waals surface area contributed by atoms with Crippen LogP contribution < -0.4 is 20.1 Å². The first-order valence-electron chi connectivity index (χ1n) is 6.65. The monoisotopic (exact) mass is 312 g/mol. The van der Waals surface area contributed by atoms with Crippen LogP contribution >= 0.6 is 11.6 Å². The number of ether oxygens (including phenoxy) is 2. The van der Waals surface area contributed by atoms with Gasteiger partial charge in [-0.1, -0.05) is 11.6 Å². The molecule has 0 spiro atoms. The fraction of sp³-hybridized carbons (Fsp3) is 0.429. The van der Waals surface area contributed by atoms with Crippen molar-refractivity contribution in [3.05, 3.63) is 22.7 Å². The van der Waals surface area contributed by atoms with Crippen LogP contribution in [0.25, 0.3) is 0 Å². The molecular formula is C14H17ClN2O4.